The largest absolute Gasteiger partial charge is 0.480 e. The third-order valence-electron chi connectivity index (χ3n) is 6.29. The van der Waals surface area contributed by atoms with Crippen LogP contribution < -0.4 is 27.8 Å². The number of aliphatic carboxylic acids is 1. The highest BCUT2D eigenvalue weighted by Crippen LogP contribution is 2.20. The molecule has 1 aromatic rings. The van der Waals surface area contributed by atoms with Crippen molar-refractivity contribution < 1.29 is 24.3 Å². The lowest BCUT2D eigenvalue weighted by atomic mass is 10.0. The second-order valence-corrected chi connectivity index (χ2v) is 9.11. The average molecular weight is 509 g/mol. The summed E-state index contributed by atoms with van der Waals surface area (Å²) < 4.78 is 0. The van der Waals surface area contributed by atoms with Crippen molar-refractivity contribution in [2.75, 3.05) is 19.6 Å². The van der Waals surface area contributed by atoms with Crippen LogP contribution in [0.25, 0.3) is 0 Å². The number of aromatic nitrogens is 2. The highest BCUT2D eigenvalue weighted by molar-refractivity contribution is 5.94. The first-order valence-electron chi connectivity index (χ1n) is 12.6. The van der Waals surface area contributed by atoms with E-state index < -0.39 is 42.0 Å². The second kappa shape index (κ2) is 15.2. The van der Waals surface area contributed by atoms with Gasteiger partial charge in [0, 0.05) is 24.9 Å². The van der Waals surface area contributed by atoms with Gasteiger partial charge in [-0.3, -0.25) is 14.4 Å². The number of nitrogens with one attached hydrogen (secondary N) is 3. The van der Waals surface area contributed by atoms with Gasteiger partial charge in [-0.1, -0.05) is 0 Å². The molecule has 2 rings (SSSR count). The molecular formula is C23H40N8O5. The van der Waals surface area contributed by atoms with Gasteiger partial charge >= 0.3 is 5.97 Å². The summed E-state index contributed by atoms with van der Waals surface area (Å²) in [5, 5.41) is 14.8. The maximum Gasteiger partial charge on any atom is 0.326 e. The fraction of sp³-hybridized carbons (Fsp3) is 0.696. The molecule has 0 aromatic carbocycles. The van der Waals surface area contributed by atoms with Gasteiger partial charge in [0.05, 0.1) is 12.4 Å². The van der Waals surface area contributed by atoms with Crippen LogP contribution in [0.2, 0.25) is 0 Å². The quantitative estimate of drug-likeness (QED) is 0.130. The number of nitrogens with two attached hydrogens (primary N) is 3. The molecule has 0 spiro atoms. The van der Waals surface area contributed by atoms with Crippen molar-refractivity contribution in [2.45, 2.75) is 82.0 Å². The molecule has 1 aliphatic heterocycles. The molecule has 1 aromatic heterocycles. The number of carboxylic acid groups (broad SMARTS) is 1. The van der Waals surface area contributed by atoms with E-state index in [1.807, 2.05) is 0 Å². The first-order valence-corrected chi connectivity index (χ1v) is 12.6. The fourth-order valence-electron chi connectivity index (χ4n) is 4.28. The SMILES string of the molecule is NCCCCC(NC(=O)C1CCCN1C(=O)C(CCCCN)NC(=O)C(N)Cc1cnc[nH]1)C(=O)O. The minimum atomic E-state index is -1.13. The van der Waals surface area contributed by atoms with E-state index in [1.54, 1.807) is 6.20 Å². The lowest BCUT2D eigenvalue weighted by molar-refractivity contribution is -0.145. The Bertz CT molecular complexity index is 850. The van der Waals surface area contributed by atoms with Crippen molar-refractivity contribution in [3.8, 4) is 0 Å². The molecule has 0 radical (unpaired) electrons. The number of hydrogen-bond donors (Lipinski definition) is 7. The van der Waals surface area contributed by atoms with Gasteiger partial charge in [-0.2, -0.15) is 0 Å². The van der Waals surface area contributed by atoms with E-state index >= 15 is 0 Å². The lowest BCUT2D eigenvalue weighted by Crippen LogP contribution is -2.57. The zero-order valence-corrected chi connectivity index (χ0v) is 20.7. The fourth-order valence-corrected chi connectivity index (χ4v) is 4.28. The van der Waals surface area contributed by atoms with Crippen molar-refractivity contribution in [2.24, 2.45) is 17.2 Å². The number of aromatic amines is 1. The van der Waals surface area contributed by atoms with Crippen LogP contribution in [0.5, 0.6) is 0 Å². The zero-order chi connectivity index (χ0) is 26.5. The van der Waals surface area contributed by atoms with Crippen molar-refractivity contribution in [1.29, 1.82) is 0 Å². The number of amides is 3. The number of likely N-dealkylation sites (tertiary alicyclic amines) is 1. The molecule has 1 fully saturated rings. The number of carbonyl (C=O) groups excluding carboxylic acids is 3. The predicted octanol–water partition coefficient (Wildman–Crippen LogP) is -1.42. The number of H-pyrrole nitrogens is 1. The van der Waals surface area contributed by atoms with Gasteiger partial charge in [-0.15, -0.1) is 0 Å². The van der Waals surface area contributed by atoms with Crippen LogP contribution in [-0.4, -0.2) is 87.5 Å². The molecule has 13 nitrogen and oxygen atoms in total. The van der Waals surface area contributed by atoms with E-state index in [-0.39, 0.29) is 18.7 Å². The van der Waals surface area contributed by atoms with Gasteiger partial charge in [-0.05, 0) is 64.5 Å². The molecule has 4 atom stereocenters. The van der Waals surface area contributed by atoms with Crippen molar-refractivity contribution in [3.05, 3.63) is 18.2 Å². The normalized spacial score (nSPS) is 17.9. The van der Waals surface area contributed by atoms with Crippen LogP contribution in [0, 0.1) is 0 Å². The Balaban J connectivity index is 2.06. The first kappa shape index (κ1) is 29.2. The number of carbonyl (C=O) groups is 4. The molecule has 1 saturated heterocycles. The number of unbranched alkanes of at least 4 members (excludes halogenated alkanes) is 2. The Morgan fingerprint density at radius 3 is 2.33 bits per heavy atom. The number of hydrogen-bond acceptors (Lipinski definition) is 8. The molecule has 202 valence electrons. The van der Waals surface area contributed by atoms with E-state index in [2.05, 4.69) is 20.6 Å². The Labute approximate surface area is 210 Å². The minimum Gasteiger partial charge on any atom is -0.480 e. The van der Waals surface area contributed by atoms with Gasteiger partial charge in [-0.25, -0.2) is 9.78 Å². The monoisotopic (exact) mass is 508 g/mol. The van der Waals surface area contributed by atoms with Crippen LogP contribution in [0.1, 0.15) is 57.1 Å². The third kappa shape index (κ3) is 8.88. The molecule has 3 amide bonds. The summed E-state index contributed by atoms with van der Waals surface area (Å²) in [5.74, 6) is -2.51. The second-order valence-electron chi connectivity index (χ2n) is 9.11. The van der Waals surface area contributed by atoms with Gasteiger partial charge in [0.25, 0.3) is 0 Å². The third-order valence-corrected chi connectivity index (χ3v) is 6.29. The summed E-state index contributed by atoms with van der Waals surface area (Å²) in [6.45, 7) is 1.23. The van der Waals surface area contributed by atoms with Crippen LogP contribution in [-0.2, 0) is 25.6 Å². The summed E-state index contributed by atoms with van der Waals surface area (Å²) in [4.78, 5) is 59.1. The summed E-state index contributed by atoms with van der Waals surface area (Å²) in [7, 11) is 0. The molecule has 10 N–H and O–H groups in total. The molecular weight excluding hydrogens is 468 g/mol. The van der Waals surface area contributed by atoms with Gasteiger partial charge in [0.2, 0.25) is 17.7 Å². The van der Waals surface area contributed by atoms with Crippen molar-refractivity contribution >= 4 is 23.7 Å². The van der Waals surface area contributed by atoms with Crippen LogP contribution in [0.3, 0.4) is 0 Å². The molecule has 0 bridgehead atoms. The van der Waals surface area contributed by atoms with E-state index in [0.29, 0.717) is 70.3 Å². The Morgan fingerprint density at radius 1 is 1.08 bits per heavy atom. The molecule has 13 heteroatoms. The summed E-state index contributed by atoms with van der Waals surface area (Å²) >= 11 is 0. The minimum absolute atomic E-state index is 0.227. The summed E-state index contributed by atoms with van der Waals surface area (Å²) in [6, 6.07) is -3.62. The van der Waals surface area contributed by atoms with E-state index in [9.17, 15) is 24.3 Å². The molecule has 36 heavy (non-hydrogen) atoms. The number of carboxylic acids is 1. The topological polar surface area (TPSA) is 223 Å². The van der Waals surface area contributed by atoms with Gasteiger partial charge in [0.15, 0.2) is 0 Å². The highest BCUT2D eigenvalue weighted by Gasteiger charge is 2.39. The maximum atomic E-state index is 13.5. The molecule has 4 unspecified atom stereocenters. The van der Waals surface area contributed by atoms with E-state index in [1.165, 1.54) is 11.2 Å². The molecule has 2 heterocycles. The number of rotatable bonds is 16. The standard InChI is InChI=1S/C23H40N8O5/c24-9-3-1-6-17(29-20(32)16(26)12-15-13-27-14-28-15)22(34)31-11-5-8-19(31)21(33)30-18(23(35)36)7-2-4-10-25/h13-14,16-19H,1-12,24-26H2,(H,27,28)(H,29,32)(H,30,33)(H,35,36). The smallest absolute Gasteiger partial charge is 0.326 e. The summed E-state index contributed by atoms with van der Waals surface area (Å²) in [5.41, 5.74) is 17.8. The van der Waals surface area contributed by atoms with E-state index in [4.69, 9.17) is 17.2 Å². The van der Waals surface area contributed by atoms with Crippen LogP contribution >= 0.6 is 0 Å². The lowest BCUT2D eigenvalue weighted by Gasteiger charge is -2.30. The first-order chi connectivity index (χ1) is 17.3. The van der Waals surface area contributed by atoms with Crippen LogP contribution in [0.15, 0.2) is 12.5 Å². The Morgan fingerprint density at radius 2 is 1.75 bits per heavy atom. The average Bonchev–Trinajstić information content (AvgIpc) is 3.54. The number of imidazole rings is 1. The number of nitrogens with zero attached hydrogens (tertiary/aromatic N) is 2. The highest BCUT2D eigenvalue weighted by atomic mass is 16.4. The van der Waals surface area contributed by atoms with E-state index in [0.717, 1.165) is 0 Å². The molecule has 0 aliphatic carbocycles. The Hall–Kier alpha value is -3.03. The van der Waals surface area contributed by atoms with Crippen LogP contribution in [0.4, 0.5) is 0 Å². The zero-order valence-electron chi connectivity index (χ0n) is 20.7. The van der Waals surface area contributed by atoms with Crippen molar-refractivity contribution in [3.63, 3.8) is 0 Å². The molecule has 0 saturated carbocycles. The molecule has 1 aliphatic rings. The van der Waals surface area contributed by atoms with Gasteiger partial charge < -0.3 is 42.8 Å². The summed E-state index contributed by atoms with van der Waals surface area (Å²) in [6.07, 6.45) is 7.40. The maximum absolute atomic E-state index is 13.5. The van der Waals surface area contributed by atoms with Crippen molar-refractivity contribution in [1.82, 2.24) is 25.5 Å². The predicted molar refractivity (Wildman–Crippen MR) is 132 cm³/mol. The van der Waals surface area contributed by atoms with Gasteiger partial charge in [0.1, 0.15) is 18.1 Å². The Kier molecular flexibility index (Phi) is 12.3.